The van der Waals surface area contributed by atoms with E-state index in [9.17, 15) is 10.1 Å². The van der Waals surface area contributed by atoms with Gasteiger partial charge in [-0.3, -0.25) is 10.1 Å². The van der Waals surface area contributed by atoms with E-state index < -0.39 is 4.92 Å². The van der Waals surface area contributed by atoms with Crippen molar-refractivity contribution in [3.8, 4) is 5.88 Å². The third kappa shape index (κ3) is 3.45. The van der Waals surface area contributed by atoms with Crippen molar-refractivity contribution in [2.45, 2.75) is 6.42 Å². The minimum Gasteiger partial charge on any atom is -0.473 e. The number of hydrogen-bond donors (Lipinski definition) is 1. The van der Waals surface area contributed by atoms with Gasteiger partial charge in [0.05, 0.1) is 11.5 Å². The van der Waals surface area contributed by atoms with Gasteiger partial charge in [0.25, 0.3) is 5.88 Å². The van der Waals surface area contributed by atoms with Gasteiger partial charge in [-0.25, -0.2) is 4.98 Å². The number of nitro groups is 1. The first-order valence-electron chi connectivity index (χ1n) is 4.18. The lowest BCUT2D eigenvalue weighted by atomic mass is 10.4. The molecule has 0 aromatic carbocycles. The summed E-state index contributed by atoms with van der Waals surface area (Å²) >= 11 is 3.08. The van der Waals surface area contributed by atoms with Gasteiger partial charge >= 0.3 is 5.69 Å². The summed E-state index contributed by atoms with van der Waals surface area (Å²) in [5.74, 6) is -0.0309. The average molecular weight is 277 g/mol. The number of nitrogens with zero attached hydrogens (tertiary/aromatic N) is 2. The van der Waals surface area contributed by atoms with Gasteiger partial charge in [0, 0.05) is 29.8 Å². The molecule has 0 aliphatic heterocycles. The molecule has 1 aromatic heterocycles. The van der Waals surface area contributed by atoms with E-state index in [4.69, 9.17) is 9.84 Å². The highest BCUT2D eigenvalue weighted by Gasteiger charge is 2.16. The maximum Gasteiger partial charge on any atom is 0.332 e. The molecule has 6 nitrogen and oxygen atoms in total. The molecule has 0 radical (unpaired) electrons. The molecule has 0 bridgehead atoms. The van der Waals surface area contributed by atoms with Crippen molar-refractivity contribution in [3.63, 3.8) is 0 Å². The van der Waals surface area contributed by atoms with Crippen molar-refractivity contribution in [1.29, 1.82) is 0 Å². The summed E-state index contributed by atoms with van der Waals surface area (Å²) in [6.45, 7) is 0.177. The Morgan fingerprint density at radius 1 is 1.67 bits per heavy atom. The molecule has 15 heavy (non-hydrogen) atoms. The molecule has 0 atom stereocenters. The summed E-state index contributed by atoms with van der Waals surface area (Å²) in [7, 11) is 0. The maximum absolute atomic E-state index is 10.6. The quantitative estimate of drug-likeness (QED) is 0.501. The van der Waals surface area contributed by atoms with Crippen LogP contribution in [0.15, 0.2) is 16.7 Å². The fourth-order valence-corrected chi connectivity index (χ4v) is 1.21. The van der Waals surface area contributed by atoms with Crippen LogP contribution in [-0.2, 0) is 0 Å². The zero-order chi connectivity index (χ0) is 11.3. The van der Waals surface area contributed by atoms with Gasteiger partial charge in [-0.1, -0.05) is 0 Å². The second-order valence-electron chi connectivity index (χ2n) is 2.66. The first-order chi connectivity index (χ1) is 7.15. The Hall–Kier alpha value is -1.21. The highest BCUT2D eigenvalue weighted by Crippen LogP contribution is 2.27. The van der Waals surface area contributed by atoms with E-state index in [1.165, 1.54) is 12.3 Å². The van der Waals surface area contributed by atoms with Crippen LogP contribution in [0.1, 0.15) is 6.42 Å². The van der Waals surface area contributed by atoms with Gasteiger partial charge in [-0.05, 0) is 15.9 Å². The maximum atomic E-state index is 10.6. The molecule has 1 rings (SSSR count). The summed E-state index contributed by atoms with van der Waals surface area (Å²) in [5, 5.41) is 19.1. The predicted molar refractivity (Wildman–Crippen MR) is 55.8 cm³/mol. The SMILES string of the molecule is O=[N+]([O-])c1cc(Br)cnc1OCCCO. The van der Waals surface area contributed by atoms with E-state index in [1.807, 2.05) is 0 Å². The fraction of sp³-hybridized carbons (Fsp3) is 0.375. The third-order valence-corrected chi connectivity index (χ3v) is 1.97. The molecule has 0 amide bonds. The van der Waals surface area contributed by atoms with Gasteiger partial charge in [0.2, 0.25) is 0 Å². The number of rotatable bonds is 5. The molecule has 7 heteroatoms. The van der Waals surface area contributed by atoms with Crippen molar-refractivity contribution in [1.82, 2.24) is 4.98 Å². The molecule has 1 aromatic rings. The van der Waals surface area contributed by atoms with Crippen LogP contribution in [0.25, 0.3) is 0 Å². The molecule has 0 spiro atoms. The summed E-state index contributed by atoms with van der Waals surface area (Å²) in [6.07, 6.45) is 1.83. The smallest absolute Gasteiger partial charge is 0.332 e. The molecule has 0 aliphatic carbocycles. The summed E-state index contributed by atoms with van der Waals surface area (Å²) in [5.41, 5.74) is -0.192. The normalized spacial score (nSPS) is 10.0. The number of pyridine rings is 1. The van der Waals surface area contributed by atoms with Crippen LogP contribution in [0.4, 0.5) is 5.69 Å². The van der Waals surface area contributed by atoms with Crippen molar-refractivity contribution in [2.75, 3.05) is 13.2 Å². The topological polar surface area (TPSA) is 85.5 Å². The fourth-order valence-electron chi connectivity index (χ4n) is 0.891. The minimum absolute atomic E-state index is 0.0235. The number of halogens is 1. The van der Waals surface area contributed by atoms with E-state index in [0.29, 0.717) is 10.9 Å². The molecule has 0 saturated heterocycles. The standard InChI is InChI=1S/C8H9BrN2O4/c9-6-4-7(11(13)14)8(10-5-6)15-3-1-2-12/h4-5,12H,1-3H2. The Morgan fingerprint density at radius 2 is 2.40 bits per heavy atom. The van der Waals surface area contributed by atoms with Gasteiger partial charge in [0.1, 0.15) is 0 Å². The Morgan fingerprint density at radius 3 is 3.00 bits per heavy atom. The van der Waals surface area contributed by atoms with E-state index in [-0.39, 0.29) is 24.8 Å². The third-order valence-electron chi connectivity index (χ3n) is 1.54. The van der Waals surface area contributed by atoms with Crippen molar-refractivity contribution < 1.29 is 14.8 Å². The zero-order valence-electron chi connectivity index (χ0n) is 7.72. The second-order valence-corrected chi connectivity index (χ2v) is 3.58. The summed E-state index contributed by atoms with van der Waals surface area (Å²) < 4.78 is 5.58. The number of hydrogen-bond acceptors (Lipinski definition) is 5. The van der Waals surface area contributed by atoms with Crippen LogP contribution in [0.2, 0.25) is 0 Å². The average Bonchev–Trinajstić information content (AvgIpc) is 2.20. The van der Waals surface area contributed by atoms with E-state index in [0.717, 1.165) is 0 Å². The number of aromatic nitrogens is 1. The number of ether oxygens (including phenoxy) is 1. The summed E-state index contributed by atoms with van der Waals surface area (Å²) in [4.78, 5) is 13.8. The van der Waals surface area contributed by atoms with E-state index >= 15 is 0 Å². The Bertz CT molecular complexity index is 358. The highest BCUT2D eigenvalue weighted by atomic mass is 79.9. The van der Waals surface area contributed by atoms with Gasteiger partial charge in [-0.15, -0.1) is 0 Å². The predicted octanol–water partition coefficient (Wildman–Crippen LogP) is 1.51. The number of aliphatic hydroxyl groups is 1. The molecule has 1 N–H and O–H groups in total. The minimum atomic E-state index is -0.563. The molecular weight excluding hydrogens is 268 g/mol. The van der Waals surface area contributed by atoms with Gasteiger partial charge in [-0.2, -0.15) is 0 Å². The molecular formula is C8H9BrN2O4. The number of aliphatic hydroxyl groups excluding tert-OH is 1. The van der Waals surface area contributed by atoms with Crippen molar-refractivity contribution in [3.05, 3.63) is 26.9 Å². The van der Waals surface area contributed by atoms with E-state index in [1.54, 1.807) is 0 Å². The van der Waals surface area contributed by atoms with Crippen molar-refractivity contribution in [2.24, 2.45) is 0 Å². The lowest BCUT2D eigenvalue weighted by molar-refractivity contribution is -0.386. The Balaban J connectivity index is 2.81. The zero-order valence-corrected chi connectivity index (χ0v) is 9.31. The Kier molecular flexibility index (Phi) is 4.44. The van der Waals surface area contributed by atoms with Gasteiger partial charge in [0.15, 0.2) is 0 Å². The van der Waals surface area contributed by atoms with Crippen LogP contribution in [0.5, 0.6) is 5.88 Å². The van der Waals surface area contributed by atoms with Gasteiger partial charge < -0.3 is 9.84 Å². The van der Waals surface area contributed by atoms with Crippen molar-refractivity contribution >= 4 is 21.6 Å². The van der Waals surface area contributed by atoms with Crippen LogP contribution >= 0.6 is 15.9 Å². The molecule has 82 valence electrons. The first kappa shape index (κ1) is 11.9. The van der Waals surface area contributed by atoms with Crippen LogP contribution in [-0.4, -0.2) is 28.2 Å². The monoisotopic (exact) mass is 276 g/mol. The summed E-state index contributed by atoms with van der Waals surface area (Å²) in [6, 6.07) is 1.32. The molecule has 0 aliphatic rings. The molecule has 1 heterocycles. The first-order valence-corrected chi connectivity index (χ1v) is 4.98. The molecule has 0 unspecified atom stereocenters. The lowest BCUT2D eigenvalue weighted by Gasteiger charge is -2.04. The van der Waals surface area contributed by atoms with E-state index in [2.05, 4.69) is 20.9 Å². The van der Waals surface area contributed by atoms with Crippen LogP contribution < -0.4 is 4.74 Å². The Labute approximate surface area is 94.2 Å². The highest BCUT2D eigenvalue weighted by molar-refractivity contribution is 9.10. The lowest BCUT2D eigenvalue weighted by Crippen LogP contribution is -2.03. The molecule has 0 saturated carbocycles. The second kappa shape index (κ2) is 5.62. The molecule has 0 fully saturated rings. The largest absolute Gasteiger partial charge is 0.473 e. The van der Waals surface area contributed by atoms with Crippen LogP contribution in [0.3, 0.4) is 0 Å². The van der Waals surface area contributed by atoms with Crippen LogP contribution in [0, 0.1) is 10.1 Å².